The predicted molar refractivity (Wildman–Crippen MR) is 54.5 cm³/mol. The van der Waals surface area contributed by atoms with Gasteiger partial charge in [-0.3, -0.25) is 4.55 Å². The summed E-state index contributed by atoms with van der Waals surface area (Å²) in [5, 5.41) is 8.58. The van der Waals surface area contributed by atoms with E-state index < -0.39 is 10.1 Å². The van der Waals surface area contributed by atoms with E-state index in [1.807, 2.05) is 6.92 Å². The van der Waals surface area contributed by atoms with Gasteiger partial charge in [0.05, 0.1) is 5.75 Å². The van der Waals surface area contributed by atoms with Crippen LogP contribution in [0.4, 0.5) is 0 Å². The Bertz CT molecular complexity index is 240. The minimum absolute atomic E-state index is 0.120. The van der Waals surface area contributed by atoms with Crippen molar-refractivity contribution < 1.29 is 18.1 Å². The summed E-state index contributed by atoms with van der Waals surface area (Å²) in [6, 6.07) is -0.247. The smallest absolute Gasteiger partial charge is 0.264 e. The lowest BCUT2D eigenvalue weighted by Crippen LogP contribution is -2.30. The minimum atomic E-state index is -3.90. The van der Waals surface area contributed by atoms with Gasteiger partial charge in [-0.25, -0.2) is 0 Å². The van der Waals surface area contributed by atoms with Crippen LogP contribution in [0.1, 0.15) is 26.2 Å². The fraction of sp³-hybridized carbons (Fsp3) is 1.00. The Labute approximate surface area is 85.1 Å². The van der Waals surface area contributed by atoms with Crippen LogP contribution in [0.15, 0.2) is 0 Å². The number of aliphatic hydroxyl groups is 1. The predicted octanol–water partition coefficient (Wildman–Crippen LogP) is 0.000200. The quantitative estimate of drug-likeness (QED) is 0.529. The summed E-state index contributed by atoms with van der Waals surface area (Å²) >= 11 is 0. The van der Waals surface area contributed by atoms with E-state index in [1.54, 1.807) is 0 Å². The second-order valence-corrected chi connectivity index (χ2v) is 5.15. The van der Waals surface area contributed by atoms with E-state index in [-0.39, 0.29) is 30.7 Å². The van der Waals surface area contributed by atoms with E-state index in [0.717, 1.165) is 6.42 Å². The summed E-state index contributed by atoms with van der Waals surface area (Å²) in [7, 11) is -3.90. The molecule has 0 rings (SSSR count). The lowest BCUT2D eigenvalue weighted by atomic mass is 9.96. The van der Waals surface area contributed by atoms with Crippen molar-refractivity contribution in [3.63, 3.8) is 0 Å². The van der Waals surface area contributed by atoms with Crippen molar-refractivity contribution in [1.29, 1.82) is 0 Å². The molecule has 0 bridgehead atoms. The maximum Gasteiger partial charge on any atom is 0.264 e. The summed E-state index contributed by atoms with van der Waals surface area (Å²) in [4.78, 5) is 0. The summed E-state index contributed by atoms with van der Waals surface area (Å²) in [6.45, 7) is 2.03. The minimum Gasteiger partial charge on any atom is -0.396 e. The van der Waals surface area contributed by atoms with E-state index in [0.29, 0.717) is 6.42 Å². The first kappa shape index (κ1) is 13.8. The molecular formula is C8H19NO4S. The van der Waals surface area contributed by atoms with Gasteiger partial charge in [0.25, 0.3) is 10.1 Å². The third-order valence-electron chi connectivity index (χ3n) is 2.26. The number of nitrogens with two attached hydrogens (primary N) is 1. The topological polar surface area (TPSA) is 101 Å². The Morgan fingerprint density at radius 2 is 1.93 bits per heavy atom. The van der Waals surface area contributed by atoms with Crippen LogP contribution >= 0.6 is 0 Å². The van der Waals surface area contributed by atoms with Crippen molar-refractivity contribution in [2.24, 2.45) is 11.7 Å². The van der Waals surface area contributed by atoms with Crippen LogP contribution in [0.5, 0.6) is 0 Å². The van der Waals surface area contributed by atoms with Gasteiger partial charge >= 0.3 is 0 Å². The van der Waals surface area contributed by atoms with Gasteiger partial charge in [0, 0.05) is 12.6 Å². The standard InChI is InChI=1S/C8H19NO4S/c1-7(3-2-5-10)8(9)4-6-14(11,12)13/h7-8,10H,2-6,9H2,1H3,(H,11,12,13). The fourth-order valence-corrected chi connectivity index (χ4v) is 1.77. The zero-order valence-electron chi connectivity index (χ0n) is 8.39. The molecule has 6 heteroatoms. The van der Waals surface area contributed by atoms with Gasteiger partial charge in [-0.2, -0.15) is 8.42 Å². The highest BCUT2D eigenvalue weighted by Crippen LogP contribution is 2.12. The second kappa shape index (κ2) is 6.34. The molecule has 0 spiro atoms. The Hall–Kier alpha value is -0.170. The molecule has 0 aromatic heterocycles. The van der Waals surface area contributed by atoms with Crippen LogP contribution in [0, 0.1) is 5.92 Å². The van der Waals surface area contributed by atoms with Crippen LogP contribution in [-0.4, -0.2) is 36.5 Å². The lowest BCUT2D eigenvalue weighted by Gasteiger charge is -2.18. The van der Waals surface area contributed by atoms with E-state index >= 15 is 0 Å². The van der Waals surface area contributed by atoms with Gasteiger partial charge in [-0.05, 0) is 25.2 Å². The Balaban J connectivity index is 3.78. The van der Waals surface area contributed by atoms with Crippen LogP contribution in [0.25, 0.3) is 0 Å². The van der Waals surface area contributed by atoms with Crippen molar-refractivity contribution in [2.45, 2.75) is 32.2 Å². The molecule has 0 heterocycles. The maximum absolute atomic E-state index is 10.4. The average molecular weight is 225 g/mol. The molecule has 0 aliphatic heterocycles. The number of hydrogen-bond donors (Lipinski definition) is 3. The van der Waals surface area contributed by atoms with E-state index in [1.165, 1.54) is 0 Å². The normalized spacial score (nSPS) is 16.6. The molecule has 0 aromatic rings. The molecular weight excluding hydrogens is 206 g/mol. The molecule has 0 aliphatic rings. The fourth-order valence-electron chi connectivity index (χ4n) is 1.20. The number of hydrogen-bond acceptors (Lipinski definition) is 4. The molecule has 5 nitrogen and oxygen atoms in total. The van der Waals surface area contributed by atoms with Gasteiger partial charge in [-0.1, -0.05) is 6.92 Å². The van der Waals surface area contributed by atoms with Gasteiger partial charge in [0.1, 0.15) is 0 Å². The van der Waals surface area contributed by atoms with Crippen molar-refractivity contribution in [3.05, 3.63) is 0 Å². The molecule has 0 fully saturated rings. The zero-order valence-corrected chi connectivity index (χ0v) is 9.20. The molecule has 0 radical (unpaired) electrons. The van der Waals surface area contributed by atoms with Crippen LogP contribution < -0.4 is 5.73 Å². The van der Waals surface area contributed by atoms with Crippen LogP contribution in [0.2, 0.25) is 0 Å². The SMILES string of the molecule is CC(CCCO)C(N)CCS(=O)(=O)O. The first-order valence-corrected chi connectivity index (χ1v) is 6.29. The molecule has 4 N–H and O–H groups in total. The molecule has 86 valence electrons. The Morgan fingerprint density at radius 1 is 1.36 bits per heavy atom. The van der Waals surface area contributed by atoms with E-state index in [2.05, 4.69) is 0 Å². The maximum atomic E-state index is 10.4. The van der Waals surface area contributed by atoms with Gasteiger partial charge < -0.3 is 10.8 Å². The zero-order chi connectivity index (χ0) is 11.2. The average Bonchev–Trinajstić information content (AvgIpc) is 2.09. The molecule has 0 aliphatic carbocycles. The molecule has 0 aromatic carbocycles. The summed E-state index contributed by atoms with van der Waals surface area (Å²) < 4.78 is 29.4. The molecule has 2 atom stereocenters. The third kappa shape index (κ3) is 7.25. The molecule has 0 saturated heterocycles. The van der Waals surface area contributed by atoms with Crippen molar-refractivity contribution in [3.8, 4) is 0 Å². The second-order valence-electron chi connectivity index (χ2n) is 3.58. The van der Waals surface area contributed by atoms with Gasteiger partial charge in [0.2, 0.25) is 0 Å². The Morgan fingerprint density at radius 3 is 2.36 bits per heavy atom. The van der Waals surface area contributed by atoms with Crippen molar-refractivity contribution >= 4 is 10.1 Å². The van der Waals surface area contributed by atoms with E-state index in [4.69, 9.17) is 15.4 Å². The first-order valence-electron chi connectivity index (χ1n) is 4.68. The van der Waals surface area contributed by atoms with Crippen LogP contribution in [-0.2, 0) is 10.1 Å². The van der Waals surface area contributed by atoms with Crippen molar-refractivity contribution in [1.82, 2.24) is 0 Å². The third-order valence-corrected chi connectivity index (χ3v) is 3.01. The highest BCUT2D eigenvalue weighted by Gasteiger charge is 2.15. The monoisotopic (exact) mass is 225 g/mol. The largest absolute Gasteiger partial charge is 0.396 e. The summed E-state index contributed by atoms with van der Waals surface area (Å²) in [5.74, 6) is -0.138. The molecule has 2 unspecified atom stereocenters. The Kier molecular flexibility index (Phi) is 6.26. The first-order chi connectivity index (χ1) is 6.37. The van der Waals surface area contributed by atoms with E-state index in [9.17, 15) is 8.42 Å². The highest BCUT2D eigenvalue weighted by atomic mass is 32.2. The molecule has 0 amide bonds. The molecule has 0 saturated carbocycles. The number of rotatable bonds is 7. The molecule has 14 heavy (non-hydrogen) atoms. The summed E-state index contributed by atoms with van der Waals surface area (Å²) in [5.41, 5.74) is 5.71. The van der Waals surface area contributed by atoms with Crippen molar-refractivity contribution in [2.75, 3.05) is 12.4 Å². The van der Waals surface area contributed by atoms with Gasteiger partial charge in [-0.15, -0.1) is 0 Å². The highest BCUT2D eigenvalue weighted by molar-refractivity contribution is 7.85. The number of aliphatic hydroxyl groups excluding tert-OH is 1. The summed E-state index contributed by atoms with van der Waals surface area (Å²) in [6.07, 6.45) is 1.69. The van der Waals surface area contributed by atoms with Gasteiger partial charge in [0.15, 0.2) is 0 Å². The lowest BCUT2D eigenvalue weighted by molar-refractivity contribution is 0.266. The van der Waals surface area contributed by atoms with Crippen LogP contribution in [0.3, 0.4) is 0 Å².